The lowest BCUT2D eigenvalue weighted by Gasteiger charge is -2.20. The summed E-state index contributed by atoms with van der Waals surface area (Å²) in [5, 5.41) is 7.36. The molecule has 2 heterocycles. The Bertz CT molecular complexity index is 625. The van der Waals surface area contributed by atoms with Crippen molar-refractivity contribution in [3.63, 3.8) is 0 Å². The maximum absolute atomic E-state index is 12.4. The number of carbonyl (C=O) groups is 1. The molecule has 0 spiro atoms. The van der Waals surface area contributed by atoms with Gasteiger partial charge in [0.2, 0.25) is 0 Å². The number of amides is 1. The Balaban J connectivity index is 2.22. The average Bonchev–Trinajstić information content (AvgIpc) is 2.84. The van der Waals surface area contributed by atoms with Crippen LogP contribution in [0.5, 0.6) is 0 Å². The quantitative estimate of drug-likeness (QED) is 0.920. The first-order valence-electron chi connectivity index (χ1n) is 6.73. The molecule has 2 aromatic rings. The molecule has 7 heteroatoms. The summed E-state index contributed by atoms with van der Waals surface area (Å²) in [6, 6.07) is 1.38. The van der Waals surface area contributed by atoms with Crippen LogP contribution in [-0.4, -0.2) is 25.7 Å². The van der Waals surface area contributed by atoms with Crippen LogP contribution in [0.15, 0.2) is 24.8 Å². The van der Waals surface area contributed by atoms with Crippen molar-refractivity contribution in [2.75, 3.05) is 0 Å². The summed E-state index contributed by atoms with van der Waals surface area (Å²) in [5.41, 5.74) is 0.405. The molecule has 0 radical (unpaired) electrons. The Morgan fingerprint density at radius 2 is 2.24 bits per heavy atom. The first-order valence-corrected chi connectivity index (χ1v) is 7.11. The van der Waals surface area contributed by atoms with Gasteiger partial charge in [-0.2, -0.15) is 5.10 Å². The molecular formula is C14H18ClN5O. The third kappa shape index (κ3) is 3.78. The Morgan fingerprint density at radius 1 is 1.48 bits per heavy atom. The van der Waals surface area contributed by atoms with E-state index in [9.17, 15) is 4.79 Å². The van der Waals surface area contributed by atoms with Crippen molar-refractivity contribution in [1.29, 1.82) is 0 Å². The van der Waals surface area contributed by atoms with Crippen molar-refractivity contribution in [2.45, 2.75) is 26.3 Å². The third-order valence-electron chi connectivity index (χ3n) is 3.09. The summed E-state index contributed by atoms with van der Waals surface area (Å²) in [6.07, 6.45) is 5.24. The number of halogens is 1. The zero-order valence-electron chi connectivity index (χ0n) is 12.2. The van der Waals surface area contributed by atoms with Crippen LogP contribution in [0.1, 0.15) is 42.5 Å². The SMILES string of the molecule is CC(C)CC(NC(=O)c1ccncc1Cl)c1ncnn1C. The Kier molecular flexibility index (Phi) is 4.90. The maximum atomic E-state index is 12.4. The molecule has 6 nitrogen and oxygen atoms in total. The monoisotopic (exact) mass is 307 g/mol. The molecule has 0 aliphatic carbocycles. The standard InChI is InChI=1S/C14H18ClN5O/c1-9(2)6-12(13-17-8-18-20(13)3)19-14(21)10-4-5-16-7-11(10)15/h4-5,7-9,12H,6H2,1-3H3,(H,19,21). The van der Waals surface area contributed by atoms with E-state index >= 15 is 0 Å². The van der Waals surface area contributed by atoms with Crippen molar-refractivity contribution in [2.24, 2.45) is 13.0 Å². The fraction of sp³-hybridized carbons (Fsp3) is 0.429. The number of aryl methyl sites for hydroxylation is 1. The number of nitrogens with zero attached hydrogens (tertiary/aromatic N) is 4. The number of nitrogens with one attached hydrogen (secondary N) is 1. The second-order valence-corrected chi connectivity index (χ2v) is 5.66. The van der Waals surface area contributed by atoms with Crippen molar-refractivity contribution in [1.82, 2.24) is 25.1 Å². The number of pyridine rings is 1. The van der Waals surface area contributed by atoms with Crippen LogP contribution in [0.2, 0.25) is 5.02 Å². The van der Waals surface area contributed by atoms with Crippen LogP contribution < -0.4 is 5.32 Å². The highest BCUT2D eigenvalue weighted by Crippen LogP contribution is 2.21. The molecule has 0 bridgehead atoms. The number of hydrogen-bond acceptors (Lipinski definition) is 4. The van der Waals surface area contributed by atoms with E-state index in [0.717, 1.165) is 12.2 Å². The zero-order valence-corrected chi connectivity index (χ0v) is 13.0. The highest BCUT2D eigenvalue weighted by molar-refractivity contribution is 6.33. The van der Waals surface area contributed by atoms with E-state index in [1.807, 2.05) is 0 Å². The molecule has 112 valence electrons. The normalized spacial score (nSPS) is 12.4. The van der Waals surface area contributed by atoms with E-state index in [1.165, 1.54) is 12.5 Å². The summed E-state index contributed by atoms with van der Waals surface area (Å²) in [4.78, 5) is 20.5. The van der Waals surface area contributed by atoms with E-state index in [-0.39, 0.29) is 11.9 Å². The van der Waals surface area contributed by atoms with Gasteiger partial charge in [0.1, 0.15) is 12.2 Å². The van der Waals surface area contributed by atoms with E-state index in [4.69, 9.17) is 11.6 Å². The lowest BCUT2D eigenvalue weighted by Crippen LogP contribution is -2.31. The van der Waals surface area contributed by atoms with Crippen LogP contribution in [0.3, 0.4) is 0 Å². The minimum Gasteiger partial charge on any atom is -0.342 e. The number of aromatic nitrogens is 4. The van der Waals surface area contributed by atoms with Crippen molar-refractivity contribution in [3.05, 3.63) is 41.2 Å². The predicted octanol–water partition coefficient (Wildman–Crippen LogP) is 2.38. The Labute approximate surface area is 128 Å². The van der Waals surface area contributed by atoms with E-state index in [2.05, 4.69) is 34.2 Å². The molecule has 2 rings (SSSR count). The van der Waals surface area contributed by atoms with Crippen LogP contribution in [0.25, 0.3) is 0 Å². The van der Waals surface area contributed by atoms with Gasteiger partial charge >= 0.3 is 0 Å². The molecule has 0 aliphatic rings. The number of rotatable bonds is 5. The minimum absolute atomic E-state index is 0.214. The topological polar surface area (TPSA) is 72.7 Å². The highest BCUT2D eigenvalue weighted by Gasteiger charge is 2.22. The molecule has 1 N–H and O–H groups in total. The van der Waals surface area contributed by atoms with Gasteiger partial charge in [0.25, 0.3) is 5.91 Å². The maximum Gasteiger partial charge on any atom is 0.253 e. The van der Waals surface area contributed by atoms with Crippen LogP contribution in [-0.2, 0) is 7.05 Å². The van der Waals surface area contributed by atoms with E-state index < -0.39 is 0 Å². The van der Waals surface area contributed by atoms with Crippen LogP contribution in [0.4, 0.5) is 0 Å². The van der Waals surface area contributed by atoms with Gasteiger partial charge in [-0.1, -0.05) is 25.4 Å². The lowest BCUT2D eigenvalue weighted by molar-refractivity contribution is 0.0929. The van der Waals surface area contributed by atoms with E-state index in [0.29, 0.717) is 16.5 Å². The third-order valence-corrected chi connectivity index (χ3v) is 3.39. The predicted molar refractivity (Wildman–Crippen MR) is 79.9 cm³/mol. The fourth-order valence-corrected chi connectivity index (χ4v) is 2.32. The lowest BCUT2D eigenvalue weighted by atomic mass is 10.0. The summed E-state index contributed by atoms with van der Waals surface area (Å²) in [5.74, 6) is 0.887. The van der Waals surface area contributed by atoms with E-state index in [1.54, 1.807) is 24.0 Å². The Hall–Kier alpha value is -1.95. The largest absolute Gasteiger partial charge is 0.342 e. The van der Waals surface area contributed by atoms with Gasteiger partial charge in [-0.25, -0.2) is 4.98 Å². The van der Waals surface area contributed by atoms with Crippen molar-refractivity contribution < 1.29 is 4.79 Å². The fourth-order valence-electron chi connectivity index (χ4n) is 2.12. The van der Waals surface area contributed by atoms with Gasteiger partial charge in [0, 0.05) is 19.4 Å². The van der Waals surface area contributed by atoms with Crippen molar-refractivity contribution in [3.8, 4) is 0 Å². The molecule has 2 aromatic heterocycles. The van der Waals surface area contributed by atoms with Crippen LogP contribution in [0, 0.1) is 5.92 Å². The number of hydrogen-bond donors (Lipinski definition) is 1. The molecule has 0 aliphatic heterocycles. The van der Waals surface area contributed by atoms with Gasteiger partial charge in [0.05, 0.1) is 16.6 Å². The van der Waals surface area contributed by atoms with Crippen molar-refractivity contribution >= 4 is 17.5 Å². The summed E-state index contributed by atoms with van der Waals surface area (Å²) in [6.45, 7) is 4.18. The second kappa shape index (κ2) is 6.67. The summed E-state index contributed by atoms with van der Waals surface area (Å²) >= 11 is 6.01. The molecule has 0 saturated carbocycles. The number of carbonyl (C=O) groups excluding carboxylic acids is 1. The molecule has 1 atom stereocenters. The highest BCUT2D eigenvalue weighted by atomic mass is 35.5. The zero-order chi connectivity index (χ0) is 15.4. The molecule has 1 unspecified atom stereocenters. The molecular weight excluding hydrogens is 290 g/mol. The van der Waals surface area contributed by atoms with Crippen LogP contribution >= 0.6 is 11.6 Å². The van der Waals surface area contributed by atoms with Gasteiger partial charge in [-0.05, 0) is 18.4 Å². The van der Waals surface area contributed by atoms with Gasteiger partial charge in [-0.15, -0.1) is 0 Å². The molecule has 0 saturated heterocycles. The molecule has 1 amide bonds. The summed E-state index contributed by atoms with van der Waals surface area (Å²) in [7, 11) is 1.81. The minimum atomic E-state index is -0.240. The molecule has 21 heavy (non-hydrogen) atoms. The first kappa shape index (κ1) is 15.4. The van der Waals surface area contributed by atoms with Gasteiger partial charge < -0.3 is 5.32 Å². The Morgan fingerprint density at radius 3 is 2.81 bits per heavy atom. The summed E-state index contributed by atoms with van der Waals surface area (Å²) < 4.78 is 1.67. The van der Waals surface area contributed by atoms with Gasteiger partial charge in [-0.3, -0.25) is 14.5 Å². The smallest absolute Gasteiger partial charge is 0.253 e. The molecule has 0 aromatic carbocycles. The first-order chi connectivity index (χ1) is 9.99. The average molecular weight is 308 g/mol. The molecule has 0 fully saturated rings. The second-order valence-electron chi connectivity index (χ2n) is 5.25. The van der Waals surface area contributed by atoms with Gasteiger partial charge in [0.15, 0.2) is 0 Å².